The molecule has 0 spiro atoms. The Morgan fingerprint density at radius 2 is 1.68 bits per heavy atom. The number of nitrogen functional groups attached to an aromatic ring is 1. The molecule has 3 N–H and O–H groups in total. The Bertz CT molecular complexity index is 761. The fourth-order valence-corrected chi connectivity index (χ4v) is 2.33. The van der Waals surface area contributed by atoms with Gasteiger partial charge in [0.2, 0.25) is 0 Å². The van der Waals surface area contributed by atoms with Gasteiger partial charge in [-0.05, 0) is 30.3 Å². The van der Waals surface area contributed by atoms with Gasteiger partial charge in [-0.2, -0.15) is 26.3 Å². The highest BCUT2D eigenvalue weighted by molar-refractivity contribution is 6.31. The van der Waals surface area contributed by atoms with Gasteiger partial charge in [-0.25, -0.2) is 0 Å². The van der Waals surface area contributed by atoms with Crippen LogP contribution in [0.25, 0.3) is 0 Å². The molecule has 0 bridgehead atoms. The summed E-state index contributed by atoms with van der Waals surface area (Å²) in [4.78, 5) is 4.89. The lowest BCUT2D eigenvalue weighted by Crippen LogP contribution is -2.14. The third-order valence-corrected chi connectivity index (χ3v) is 3.49. The summed E-state index contributed by atoms with van der Waals surface area (Å²) in [6.45, 7) is -0.655. The second kappa shape index (κ2) is 7.01. The highest BCUT2D eigenvalue weighted by Crippen LogP contribution is 2.39. The van der Waals surface area contributed by atoms with Crippen molar-refractivity contribution in [2.24, 2.45) is 0 Å². The molecule has 0 radical (unpaired) electrons. The van der Waals surface area contributed by atoms with Crippen LogP contribution >= 0.6 is 11.6 Å². The van der Waals surface area contributed by atoms with Gasteiger partial charge < -0.3 is 5.73 Å². The van der Waals surface area contributed by atoms with Crippen LogP contribution in [-0.2, 0) is 23.8 Å². The summed E-state index contributed by atoms with van der Waals surface area (Å²) in [5, 5.41) is -0.556. The highest BCUT2D eigenvalue weighted by atomic mass is 35.5. The number of nitrogens with one attached hydrogen (secondary N) is 1. The molecule has 0 saturated heterocycles. The van der Waals surface area contributed by atoms with E-state index in [1.807, 2.05) is 0 Å². The molecule has 0 fully saturated rings. The zero-order valence-electron chi connectivity index (χ0n) is 12.3. The molecular formula is C15H11ClF6N2O. The van der Waals surface area contributed by atoms with Gasteiger partial charge in [0.1, 0.15) is 6.61 Å². The van der Waals surface area contributed by atoms with E-state index in [9.17, 15) is 26.3 Å². The summed E-state index contributed by atoms with van der Waals surface area (Å²) < 4.78 is 77.1. The molecule has 2 rings (SSSR count). The van der Waals surface area contributed by atoms with Crippen molar-refractivity contribution in [3.8, 4) is 0 Å². The van der Waals surface area contributed by atoms with E-state index in [0.717, 1.165) is 24.3 Å². The number of benzene rings is 2. The first-order valence-electron chi connectivity index (χ1n) is 6.69. The van der Waals surface area contributed by atoms with E-state index in [1.165, 1.54) is 12.1 Å². The zero-order chi connectivity index (χ0) is 18.8. The van der Waals surface area contributed by atoms with Gasteiger partial charge in [-0.15, -0.1) is 0 Å². The molecule has 2 aromatic rings. The van der Waals surface area contributed by atoms with Crippen molar-refractivity contribution >= 4 is 23.0 Å². The fraction of sp³-hybridized carbons (Fsp3) is 0.200. The van der Waals surface area contributed by atoms with Crippen LogP contribution in [0.4, 0.5) is 37.7 Å². The van der Waals surface area contributed by atoms with E-state index in [1.54, 1.807) is 0 Å². The molecule has 25 heavy (non-hydrogen) atoms. The van der Waals surface area contributed by atoms with Crippen molar-refractivity contribution in [3.05, 3.63) is 58.1 Å². The minimum atomic E-state index is -4.76. The van der Waals surface area contributed by atoms with Crippen LogP contribution in [0.15, 0.2) is 36.4 Å². The van der Waals surface area contributed by atoms with Crippen molar-refractivity contribution < 1.29 is 31.2 Å². The molecule has 0 aliphatic carbocycles. The van der Waals surface area contributed by atoms with Crippen LogP contribution in [0.5, 0.6) is 0 Å². The fourth-order valence-electron chi connectivity index (χ4n) is 2.05. The third kappa shape index (κ3) is 4.70. The molecule has 3 nitrogen and oxygen atoms in total. The monoisotopic (exact) mass is 384 g/mol. The van der Waals surface area contributed by atoms with Crippen LogP contribution < -0.4 is 11.2 Å². The molecule has 0 aliphatic heterocycles. The van der Waals surface area contributed by atoms with E-state index in [4.69, 9.17) is 22.2 Å². The molecule has 0 unspecified atom stereocenters. The Kier molecular flexibility index (Phi) is 5.38. The van der Waals surface area contributed by atoms with Crippen LogP contribution in [0.2, 0.25) is 5.02 Å². The molecule has 0 saturated carbocycles. The van der Waals surface area contributed by atoms with Gasteiger partial charge >= 0.3 is 12.4 Å². The molecule has 0 heterocycles. The summed E-state index contributed by atoms with van der Waals surface area (Å²) >= 11 is 5.58. The van der Waals surface area contributed by atoms with E-state index < -0.39 is 40.7 Å². The van der Waals surface area contributed by atoms with Gasteiger partial charge in [0.05, 0.1) is 21.8 Å². The number of hydrogen-bond donors (Lipinski definition) is 2. The summed E-state index contributed by atoms with van der Waals surface area (Å²) in [5.74, 6) is 0. The average Bonchev–Trinajstić information content (AvgIpc) is 2.49. The molecule has 136 valence electrons. The van der Waals surface area contributed by atoms with E-state index in [-0.39, 0.29) is 11.4 Å². The number of halogens is 7. The lowest BCUT2D eigenvalue weighted by Gasteiger charge is -2.17. The molecule has 10 heteroatoms. The molecule has 0 amide bonds. The highest BCUT2D eigenvalue weighted by Gasteiger charge is 2.37. The molecular weight excluding hydrogens is 374 g/mol. The maximum absolute atomic E-state index is 13.1. The minimum Gasteiger partial charge on any atom is -0.398 e. The summed E-state index contributed by atoms with van der Waals surface area (Å²) in [6.07, 6.45) is -9.32. The lowest BCUT2D eigenvalue weighted by atomic mass is 10.1. The van der Waals surface area contributed by atoms with Crippen molar-refractivity contribution in [3.63, 3.8) is 0 Å². The zero-order valence-corrected chi connectivity index (χ0v) is 13.1. The number of nitrogens with two attached hydrogens (primary N) is 1. The van der Waals surface area contributed by atoms with Gasteiger partial charge in [-0.1, -0.05) is 17.7 Å². The molecule has 0 atom stereocenters. The van der Waals surface area contributed by atoms with Crippen molar-refractivity contribution in [2.75, 3.05) is 11.2 Å². The summed E-state index contributed by atoms with van der Waals surface area (Å²) in [5.41, 5.74) is 4.91. The smallest absolute Gasteiger partial charge is 0.398 e. The second-order valence-corrected chi connectivity index (χ2v) is 5.36. The normalized spacial score (nSPS) is 12.3. The Hall–Kier alpha value is -2.13. The van der Waals surface area contributed by atoms with E-state index >= 15 is 0 Å². The number of hydrogen-bond acceptors (Lipinski definition) is 3. The predicted molar refractivity (Wildman–Crippen MR) is 80.7 cm³/mol. The Balaban J connectivity index is 2.17. The molecule has 0 aromatic heterocycles. The number of anilines is 2. The Morgan fingerprint density at radius 3 is 2.28 bits per heavy atom. The lowest BCUT2D eigenvalue weighted by molar-refractivity contribution is -0.139. The topological polar surface area (TPSA) is 47.3 Å². The van der Waals surface area contributed by atoms with Crippen LogP contribution in [0.1, 0.15) is 16.7 Å². The third-order valence-electron chi connectivity index (χ3n) is 3.18. The average molecular weight is 385 g/mol. The quantitative estimate of drug-likeness (QED) is 0.415. The maximum Gasteiger partial charge on any atom is 0.418 e. The predicted octanol–water partition coefficient (Wildman–Crippen LogP) is 5.50. The Morgan fingerprint density at radius 1 is 1.00 bits per heavy atom. The standard InChI is InChI=1S/C15H11ClF6N2O/c16-11-4-5-12(23)10(13(11)15(20,21)22)7-25-24-9-3-1-2-8(6-9)14(17,18)19/h1-6,24H,7,23H2. The number of rotatable bonds is 4. The number of alkyl halides is 6. The van der Waals surface area contributed by atoms with Crippen molar-refractivity contribution in [1.29, 1.82) is 0 Å². The van der Waals surface area contributed by atoms with Crippen LogP contribution in [-0.4, -0.2) is 0 Å². The van der Waals surface area contributed by atoms with Crippen LogP contribution in [0, 0.1) is 0 Å². The van der Waals surface area contributed by atoms with E-state index in [2.05, 4.69) is 5.48 Å². The molecule has 2 aromatic carbocycles. The first-order valence-corrected chi connectivity index (χ1v) is 7.07. The van der Waals surface area contributed by atoms with Crippen molar-refractivity contribution in [1.82, 2.24) is 0 Å². The van der Waals surface area contributed by atoms with E-state index in [0.29, 0.717) is 0 Å². The van der Waals surface area contributed by atoms with Gasteiger partial charge in [0.25, 0.3) is 0 Å². The maximum atomic E-state index is 13.1. The first-order chi connectivity index (χ1) is 11.5. The largest absolute Gasteiger partial charge is 0.418 e. The molecule has 0 aliphatic rings. The van der Waals surface area contributed by atoms with Gasteiger partial charge in [0.15, 0.2) is 0 Å². The van der Waals surface area contributed by atoms with Crippen molar-refractivity contribution in [2.45, 2.75) is 19.0 Å². The SMILES string of the molecule is Nc1ccc(Cl)c(C(F)(F)F)c1CONc1cccc(C(F)(F)F)c1. The minimum absolute atomic E-state index is 0.0796. The van der Waals surface area contributed by atoms with Gasteiger partial charge in [0, 0.05) is 11.3 Å². The first kappa shape index (κ1) is 19.2. The van der Waals surface area contributed by atoms with Gasteiger partial charge in [-0.3, -0.25) is 10.3 Å². The second-order valence-electron chi connectivity index (χ2n) is 4.96. The Labute approximate surface area is 143 Å². The summed E-state index contributed by atoms with van der Waals surface area (Å²) in [6, 6.07) is 6.18. The summed E-state index contributed by atoms with van der Waals surface area (Å²) in [7, 11) is 0. The van der Waals surface area contributed by atoms with Crippen LogP contribution in [0.3, 0.4) is 0 Å².